The summed E-state index contributed by atoms with van der Waals surface area (Å²) in [5.41, 5.74) is 1.06. The molecule has 0 radical (unpaired) electrons. The van der Waals surface area contributed by atoms with Gasteiger partial charge in [-0.15, -0.1) is 0 Å². The molecule has 18 heavy (non-hydrogen) atoms. The van der Waals surface area contributed by atoms with Crippen LogP contribution in [0, 0.1) is 5.92 Å². The molecule has 0 amide bonds. The van der Waals surface area contributed by atoms with E-state index in [1.54, 1.807) is 0 Å². The van der Waals surface area contributed by atoms with Gasteiger partial charge < -0.3 is 10.1 Å². The van der Waals surface area contributed by atoms with Crippen LogP contribution in [0.5, 0.6) is 0 Å². The molecule has 0 bridgehead atoms. The molecule has 0 heterocycles. The van der Waals surface area contributed by atoms with Gasteiger partial charge in [0.1, 0.15) is 6.61 Å². The summed E-state index contributed by atoms with van der Waals surface area (Å²) in [7, 11) is 0. The molecule has 1 aliphatic carbocycles. The van der Waals surface area contributed by atoms with E-state index in [0.717, 1.165) is 29.8 Å². The second kappa shape index (κ2) is 6.76. The Bertz CT molecular complexity index is 405. The summed E-state index contributed by atoms with van der Waals surface area (Å²) in [6.07, 6.45) is 3.14. The highest BCUT2D eigenvalue weighted by Gasteiger charge is 2.26. The van der Waals surface area contributed by atoms with Crippen molar-refractivity contribution >= 4 is 17.6 Å². The van der Waals surface area contributed by atoms with Gasteiger partial charge in [-0.25, -0.2) is 0 Å². The number of carbonyl (C=O) groups excluding carboxylic acids is 1. The van der Waals surface area contributed by atoms with Crippen molar-refractivity contribution in [3.8, 4) is 0 Å². The Morgan fingerprint density at radius 3 is 2.83 bits per heavy atom. The van der Waals surface area contributed by atoms with E-state index in [1.165, 1.54) is 0 Å². The van der Waals surface area contributed by atoms with E-state index in [-0.39, 0.29) is 11.9 Å². The first kappa shape index (κ1) is 13.4. The predicted octanol–water partition coefficient (Wildman–Crippen LogP) is 2.77. The van der Waals surface area contributed by atoms with E-state index in [4.69, 9.17) is 16.3 Å². The number of carbonyl (C=O) groups is 1. The van der Waals surface area contributed by atoms with Gasteiger partial charge in [-0.1, -0.05) is 36.2 Å². The van der Waals surface area contributed by atoms with E-state index in [1.807, 2.05) is 24.3 Å². The Balaban J connectivity index is 1.58. The summed E-state index contributed by atoms with van der Waals surface area (Å²) >= 11 is 6.03. The standard InChI is InChI=1S/C14H18ClNO2/c15-13-7-2-1-4-12(13)10-16-8-9-18-14(17)11-5-3-6-11/h1-2,4,7,11,16H,3,5-6,8-10H2. The Morgan fingerprint density at radius 1 is 1.39 bits per heavy atom. The molecule has 1 aliphatic rings. The fraction of sp³-hybridized carbons (Fsp3) is 0.500. The van der Waals surface area contributed by atoms with E-state index in [9.17, 15) is 4.79 Å². The molecule has 1 aromatic rings. The molecule has 1 fully saturated rings. The van der Waals surface area contributed by atoms with Gasteiger partial charge in [0.25, 0.3) is 0 Å². The van der Waals surface area contributed by atoms with Crippen LogP contribution in [0.2, 0.25) is 5.02 Å². The van der Waals surface area contributed by atoms with Crippen molar-refractivity contribution in [2.75, 3.05) is 13.2 Å². The fourth-order valence-corrected chi connectivity index (χ4v) is 2.05. The lowest BCUT2D eigenvalue weighted by molar-refractivity contribution is -0.151. The SMILES string of the molecule is O=C(OCCNCc1ccccc1Cl)C1CCC1. The Kier molecular flexibility index (Phi) is 5.02. The maximum Gasteiger partial charge on any atom is 0.308 e. The molecule has 0 atom stereocenters. The van der Waals surface area contributed by atoms with Gasteiger partial charge in [-0.2, -0.15) is 0 Å². The summed E-state index contributed by atoms with van der Waals surface area (Å²) in [5.74, 6) is 0.120. The number of hydrogen-bond acceptors (Lipinski definition) is 3. The first-order valence-electron chi connectivity index (χ1n) is 6.38. The van der Waals surface area contributed by atoms with Gasteiger partial charge in [0, 0.05) is 18.1 Å². The summed E-state index contributed by atoms with van der Waals surface area (Å²) in [5, 5.41) is 3.97. The van der Waals surface area contributed by atoms with Crippen molar-refractivity contribution in [3.05, 3.63) is 34.9 Å². The molecule has 0 unspecified atom stereocenters. The molecule has 0 spiro atoms. The van der Waals surface area contributed by atoms with Crippen LogP contribution >= 0.6 is 11.6 Å². The van der Waals surface area contributed by atoms with Crippen LogP contribution in [-0.4, -0.2) is 19.1 Å². The monoisotopic (exact) mass is 267 g/mol. The molecular weight excluding hydrogens is 250 g/mol. The molecule has 1 saturated carbocycles. The van der Waals surface area contributed by atoms with Crippen molar-refractivity contribution in [2.24, 2.45) is 5.92 Å². The first-order valence-corrected chi connectivity index (χ1v) is 6.76. The Hall–Kier alpha value is -1.06. The van der Waals surface area contributed by atoms with Crippen molar-refractivity contribution < 1.29 is 9.53 Å². The third kappa shape index (κ3) is 3.72. The number of ether oxygens (including phenoxy) is 1. The maximum absolute atomic E-state index is 11.4. The molecule has 4 heteroatoms. The Labute approximate surface area is 112 Å². The van der Waals surface area contributed by atoms with E-state index < -0.39 is 0 Å². The largest absolute Gasteiger partial charge is 0.464 e. The highest BCUT2D eigenvalue weighted by Crippen LogP contribution is 2.27. The van der Waals surface area contributed by atoms with Crippen molar-refractivity contribution in [3.63, 3.8) is 0 Å². The van der Waals surface area contributed by atoms with Crippen molar-refractivity contribution in [1.29, 1.82) is 0 Å². The van der Waals surface area contributed by atoms with Gasteiger partial charge in [-0.3, -0.25) is 4.79 Å². The van der Waals surface area contributed by atoms with Crippen molar-refractivity contribution in [2.45, 2.75) is 25.8 Å². The molecule has 2 rings (SSSR count). The zero-order valence-corrected chi connectivity index (χ0v) is 11.1. The van der Waals surface area contributed by atoms with Crippen LogP contribution in [0.25, 0.3) is 0 Å². The van der Waals surface area contributed by atoms with Gasteiger partial charge in [0.2, 0.25) is 0 Å². The minimum absolute atomic E-state index is 0.0409. The topological polar surface area (TPSA) is 38.3 Å². The second-order valence-electron chi connectivity index (χ2n) is 4.56. The van der Waals surface area contributed by atoms with Crippen molar-refractivity contribution in [1.82, 2.24) is 5.32 Å². The Morgan fingerprint density at radius 2 is 2.17 bits per heavy atom. The summed E-state index contributed by atoms with van der Waals surface area (Å²) < 4.78 is 5.18. The van der Waals surface area contributed by atoms with Gasteiger partial charge in [-0.05, 0) is 24.5 Å². The number of halogens is 1. The minimum Gasteiger partial charge on any atom is -0.464 e. The quantitative estimate of drug-likeness (QED) is 0.636. The molecule has 0 aromatic heterocycles. The summed E-state index contributed by atoms with van der Waals surface area (Å²) in [6, 6.07) is 7.72. The molecule has 1 aromatic carbocycles. The molecule has 0 aliphatic heterocycles. The maximum atomic E-state index is 11.4. The molecular formula is C14H18ClNO2. The number of nitrogens with one attached hydrogen (secondary N) is 1. The normalized spacial score (nSPS) is 15.2. The molecule has 98 valence electrons. The lowest BCUT2D eigenvalue weighted by Crippen LogP contribution is -2.27. The van der Waals surface area contributed by atoms with Crippen LogP contribution < -0.4 is 5.32 Å². The number of rotatable bonds is 6. The molecule has 3 nitrogen and oxygen atoms in total. The minimum atomic E-state index is -0.0409. The smallest absolute Gasteiger partial charge is 0.308 e. The lowest BCUT2D eigenvalue weighted by atomic mass is 9.86. The zero-order valence-electron chi connectivity index (χ0n) is 10.3. The average molecular weight is 268 g/mol. The lowest BCUT2D eigenvalue weighted by Gasteiger charge is -2.23. The highest BCUT2D eigenvalue weighted by molar-refractivity contribution is 6.31. The first-order chi connectivity index (χ1) is 8.77. The van der Waals surface area contributed by atoms with Crippen LogP contribution in [0.1, 0.15) is 24.8 Å². The fourth-order valence-electron chi connectivity index (χ4n) is 1.85. The molecule has 1 N–H and O–H groups in total. The number of benzene rings is 1. The average Bonchev–Trinajstić information content (AvgIpc) is 2.28. The zero-order chi connectivity index (χ0) is 12.8. The third-order valence-corrected chi connectivity index (χ3v) is 3.60. The summed E-state index contributed by atoms with van der Waals surface area (Å²) in [4.78, 5) is 11.4. The van der Waals surface area contributed by atoms with E-state index in [2.05, 4.69) is 5.32 Å². The van der Waals surface area contributed by atoms with E-state index in [0.29, 0.717) is 19.7 Å². The van der Waals surface area contributed by atoms with Gasteiger partial charge in [0.05, 0.1) is 5.92 Å². The van der Waals surface area contributed by atoms with Gasteiger partial charge >= 0.3 is 5.97 Å². The highest BCUT2D eigenvalue weighted by atomic mass is 35.5. The van der Waals surface area contributed by atoms with Crippen LogP contribution in [0.15, 0.2) is 24.3 Å². The second-order valence-corrected chi connectivity index (χ2v) is 4.97. The van der Waals surface area contributed by atoms with Crippen LogP contribution in [0.4, 0.5) is 0 Å². The molecule has 0 saturated heterocycles. The summed E-state index contributed by atoms with van der Waals surface area (Å²) in [6.45, 7) is 1.78. The predicted molar refractivity (Wildman–Crippen MR) is 71.5 cm³/mol. The number of hydrogen-bond donors (Lipinski definition) is 1. The van der Waals surface area contributed by atoms with Crippen LogP contribution in [-0.2, 0) is 16.1 Å². The van der Waals surface area contributed by atoms with Crippen LogP contribution in [0.3, 0.4) is 0 Å². The van der Waals surface area contributed by atoms with E-state index >= 15 is 0 Å². The number of esters is 1. The van der Waals surface area contributed by atoms with Gasteiger partial charge in [0.15, 0.2) is 0 Å². The third-order valence-electron chi connectivity index (χ3n) is 3.23.